The van der Waals surface area contributed by atoms with Gasteiger partial charge in [-0.15, -0.1) is 0 Å². The standard InChI is InChI=1S/C10H13FN2O/c1-7-4-8(2-3-9(7)11)10(13-12)5-14-6-10/h2-4,13H,5-6,12H2,1H3. The number of nitrogens with two attached hydrogens (primary N) is 1. The molecular weight excluding hydrogens is 183 g/mol. The van der Waals surface area contributed by atoms with Crippen LogP contribution in [0, 0.1) is 12.7 Å². The molecule has 0 spiro atoms. The highest BCUT2D eigenvalue weighted by Gasteiger charge is 2.39. The van der Waals surface area contributed by atoms with Gasteiger partial charge in [-0.3, -0.25) is 5.84 Å². The minimum atomic E-state index is -0.321. The van der Waals surface area contributed by atoms with Crippen molar-refractivity contribution in [1.82, 2.24) is 5.43 Å². The summed E-state index contributed by atoms with van der Waals surface area (Å²) in [5.74, 6) is 5.27. The maximum atomic E-state index is 13.0. The van der Waals surface area contributed by atoms with Gasteiger partial charge in [0.15, 0.2) is 0 Å². The van der Waals surface area contributed by atoms with E-state index in [1.165, 1.54) is 6.07 Å². The molecule has 1 aromatic rings. The topological polar surface area (TPSA) is 47.3 Å². The Labute approximate surface area is 82.0 Å². The molecule has 4 heteroatoms. The zero-order chi connectivity index (χ0) is 10.2. The van der Waals surface area contributed by atoms with Gasteiger partial charge < -0.3 is 4.74 Å². The van der Waals surface area contributed by atoms with Crippen LogP contribution >= 0.6 is 0 Å². The molecule has 0 aliphatic carbocycles. The molecule has 1 aromatic carbocycles. The first-order chi connectivity index (χ1) is 6.68. The lowest BCUT2D eigenvalue weighted by atomic mass is 9.88. The summed E-state index contributed by atoms with van der Waals surface area (Å²) in [5, 5.41) is 0. The molecule has 1 heterocycles. The number of hydrogen-bond acceptors (Lipinski definition) is 3. The molecule has 1 aliphatic rings. The van der Waals surface area contributed by atoms with Gasteiger partial charge in [0, 0.05) is 0 Å². The van der Waals surface area contributed by atoms with E-state index >= 15 is 0 Å². The molecule has 1 fully saturated rings. The number of nitrogens with one attached hydrogen (secondary N) is 1. The van der Waals surface area contributed by atoms with Crippen molar-refractivity contribution in [3.8, 4) is 0 Å². The van der Waals surface area contributed by atoms with Crippen molar-refractivity contribution in [2.45, 2.75) is 12.5 Å². The zero-order valence-corrected chi connectivity index (χ0v) is 8.01. The van der Waals surface area contributed by atoms with Crippen LogP contribution in [0.25, 0.3) is 0 Å². The molecular formula is C10H13FN2O. The van der Waals surface area contributed by atoms with Crippen LogP contribution in [0.3, 0.4) is 0 Å². The highest BCUT2D eigenvalue weighted by molar-refractivity contribution is 5.31. The van der Waals surface area contributed by atoms with Crippen molar-refractivity contribution in [2.24, 2.45) is 5.84 Å². The molecule has 0 unspecified atom stereocenters. The predicted octanol–water partition coefficient (Wildman–Crippen LogP) is 0.823. The van der Waals surface area contributed by atoms with E-state index in [1.54, 1.807) is 19.1 Å². The summed E-state index contributed by atoms with van der Waals surface area (Å²) in [6, 6.07) is 5.00. The Morgan fingerprint density at radius 3 is 2.64 bits per heavy atom. The van der Waals surface area contributed by atoms with Gasteiger partial charge in [0.25, 0.3) is 0 Å². The number of hydrogen-bond donors (Lipinski definition) is 2. The molecule has 76 valence electrons. The van der Waals surface area contributed by atoms with Gasteiger partial charge in [0.2, 0.25) is 0 Å². The highest BCUT2D eigenvalue weighted by Crippen LogP contribution is 2.29. The molecule has 0 amide bonds. The fourth-order valence-corrected chi connectivity index (χ4v) is 1.58. The van der Waals surface area contributed by atoms with Crippen molar-refractivity contribution in [1.29, 1.82) is 0 Å². The molecule has 3 nitrogen and oxygen atoms in total. The van der Waals surface area contributed by atoms with Crippen LogP contribution in [-0.4, -0.2) is 13.2 Å². The summed E-state index contributed by atoms with van der Waals surface area (Å²) in [7, 11) is 0. The van der Waals surface area contributed by atoms with Crippen LogP contribution < -0.4 is 11.3 Å². The average molecular weight is 196 g/mol. The number of halogens is 1. The van der Waals surface area contributed by atoms with E-state index in [2.05, 4.69) is 5.43 Å². The second-order valence-electron chi connectivity index (χ2n) is 3.68. The van der Waals surface area contributed by atoms with E-state index in [9.17, 15) is 4.39 Å². The molecule has 0 bridgehead atoms. The van der Waals surface area contributed by atoms with Crippen LogP contribution in [0.2, 0.25) is 0 Å². The molecule has 3 N–H and O–H groups in total. The van der Waals surface area contributed by atoms with E-state index in [0.29, 0.717) is 18.8 Å². The Kier molecular flexibility index (Phi) is 2.26. The first-order valence-corrected chi connectivity index (χ1v) is 4.50. The molecule has 1 aliphatic heterocycles. The molecule has 1 saturated heterocycles. The van der Waals surface area contributed by atoms with E-state index in [1.807, 2.05) is 0 Å². The van der Waals surface area contributed by atoms with Crippen LogP contribution in [0.1, 0.15) is 11.1 Å². The van der Waals surface area contributed by atoms with Crippen molar-refractivity contribution in [3.05, 3.63) is 35.1 Å². The molecule has 2 rings (SSSR count). The van der Waals surface area contributed by atoms with Crippen molar-refractivity contribution in [2.75, 3.05) is 13.2 Å². The number of ether oxygens (including phenoxy) is 1. The Balaban J connectivity index is 2.36. The molecule has 0 aromatic heterocycles. The second kappa shape index (κ2) is 3.31. The molecule has 0 radical (unpaired) electrons. The zero-order valence-electron chi connectivity index (χ0n) is 8.01. The summed E-state index contributed by atoms with van der Waals surface area (Å²) in [4.78, 5) is 0. The van der Waals surface area contributed by atoms with Gasteiger partial charge in [-0.2, -0.15) is 0 Å². The maximum absolute atomic E-state index is 13.0. The first kappa shape index (κ1) is 9.58. The summed E-state index contributed by atoms with van der Waals surface area (Å²) in [5.41, 5.74) is 4.02. The third-order valence-electron chi connectivity index (χ3n) is 2.68. The Hall–Kier alpha value is -0.970. The van der Waals surface area contributed by atoms with Gasteiger partial charge in [-0.05, 0) is 24.1 Å². The third kappa shape index (κ3) is 1.32. The monoisotopic (exact) mass is 196 g/mol. The number of benzene rings is 1. The average Bonchev–Trinajstić information content (AvgIpc) is 2.10. The Morgan fingerprint density at radius 2 is 2.21 bits per heavy atom. The van der Waals surface area contributed by atoms with Crippen molar-refractivity contribution in [3.63, 3.8) is 0 Å². The van der Waals surface area contributed by atoms with Crippen molar-refractivity contribution >= 4 is 0 Å². The van der Waals surface area contributed by atoms with E-state index < -0.39 is 0 Å². The van der Waals surface area contributed by atoms with Crippen LogP contribution in [0.15, 0.2) is 18.2 Å². The Bertz CT molecular complexity index is 344. The normalized spacial score (nSPS) is 19.1. The smallest absolute Gasteiger partial charge is 0.126 e. The molecule has 0 atom stereocenters. The van der Waals surface area contributed by atoms with E-state index in [0.717, 1.165) is 5.56 Å². The Morgan fingerprint density at radius 1 is 1.50 bits per heavy atom. The largest absolute Gasteiger partial charge is 0.377 e. The minimum Gasteiger partial charge on any atom is -0.377 e. The minimum absolute atomic E-state index is 0.193. The quantitative estimate of drug-likeness (QED) is 0.544. The van der Waals surface area contributed by atoms with Crippen LogP contribution in [0.5, 0.6) is 0 Å². The molecule has 0 saturated carbocycles. The number of hydrazine groups is 1. The molecule has 14 heavy (non-hydrogen) atoms. The summed E-state index contributed by atoms with van der Waals surface area (Å²) < 4.78 is 18.1. The fraction of sp³-hybridized carbons (Fsp3) is 0.400. The van der Waals surface area contributed by atoms with Crippen molar-refractivity contribution < 1.29 is 9.13 Å². The fourth-order valence-electron chi connectivity index (χ4n) is 1.58. The number of rotatable bonds is 2. The lowest BCUT2D eigenvalue weighted by molar-refractivity contribution is -0.0787. The first-order valence-electron chi connectivity index (χ1n) is 4.50. The van der Waals surface area contributed by atoms with E-state index in [4.69, 9.17) is 10.6 Å². The SMILES string of the molecule is Cc1cc(C2(NN)COC2)ccc1F. The lowest BCUT2D eigenvalue weighted by Gasteiger charge is -2.41. The van der Waals surface area contributed by atoms with Gasteiger partial charge in [0.05, 0.1) is 13.2 Å². The summed E-state index contributed by atoms with van der Waals surface area (Å²) in [6.45, 7) is 2.81. The lowest BCUT2D eigenvalue weighted by Crippen LogP contribution is -2.60. The number of aryl methyl sites for hydroxylation is 1. The van der Waals surface area contributed by atoms with Gasteiger partial charge in [-0.1, -0.05) is 12.1 Å². The van der Waals surface area contributed by atoms with Crippen LogP contribution in [-0.2, 0) is 10.3 Å². The predicted molar refractivity (Wildman–Crippen MR) is 51.0 cm³/mol. The van der Waals surface area contributed by atoms with Gasteiger partial charge in [0.1, 0.15) is 11.4 Å². The summed E-state index contributed by atoms with van der Waals surface area (Å²) >= 11 is 0. The maximum Gasteiger partial charge on any atom is 0.126 e. The van der Waals surface area contributed by atoms with Gasteiger partial charge in [-0.25, -0.2) is 9.82 Å². The second-order valence-corrected chi connectivity index (χ2v) is 3.68. The summed E-state index contributed by atoms with van der Waals surface area (Å²) in [6.07, 6.45) is 0. The highest BCUT2D eigenvalue weighted by atomic mass is 19.1. The van der Waals surface area contributed by atoms with Gasteiger partial charge >= 0.3 is 0 Å². The van der Waals surface area contributed by atoms with E-state index in [-0.39, 0.29) is 11.4 Å². The third-order valence-corrected chi connectivity index (χ3v) is 2.68. The van der Waals surface area contributed by atoms with Crippen LogP contribution in [0.4, 0.5) is 4.39 Å².